The molecule has 1 saturated heterocycles. The molecule has 1 aliphatic rings. The molecule has 0 aromatic rings. The normalized spacial score (nSPS) is 25.4. The van der Waals surface area contributed by atoms with Crippen LogP contribution in [-0.4, -0.2) is 52.8 Å². The van der Waals surface area contributed by atoms with Gasteiger partial charge in [0.15, 0.2) is 16.6 Å². The van der Waals surface area contributed by atoms with E-state index in [-0.39, 0.29) is 23.4 Å². The summed E-state index contributed by atoms with van der Waals surface area (Å²) in [4.78, 5) is 0. The first kappa shape index (κ1) is 28.0. The van der Waals surface area contributed by atoms with Gasteiger partial charge in [0.1, 0.15) is 12.2 Å². The lowest BCUT2D eigenvalue weighted by atomic mass is 9.95. The van der Waals surface area contributed by atoms with E-state index in [9.17, 15) is 5.11 Å². The largest absolute Gasteiger partial charge is 0.417 e. The highest BCUT2D eigenvalue weighted by molar-refractivity contribution is 6.74. The summed E-state index contributed by atoms with van der Waals surface area (Å²) < 4.78 is 19.7. The van der Waals surface area contributed by atoms with Gasteiger partial charge in [-0.05, 0) is 67.5 Å². The van der Waals surface area contributed by atoms with Crippen molar-refractivity contribution in [2.45, 2.75) is 129 Å². The Morgan fingerprint density at radius 1 is 1.17 bits per heavy atom. The first-order chi connectivity index (χ1) is 13.7. The first-order valence-electron chi connectivity index (χ1n) is 12.0. The minimum atomic E-state index is -1.87. The monoisotopic (exact) mass is 458 g/mol. The Morgan fingerprint density at radius 2 is 1.70 bits per heavy atom. The maximum absolute atomic E-state index is 10.9. The van der Waals surface area contributed by atoms with Gasteiger partial charge < -0.3 is 18.7 Å². The molecule has 4 nitrogen and oxygen atoms in total. The minimum Gasteiger partial charge on any atom is -0.417 e. The van der Waals surface area contributed by atoms with Gasteiger partial charge in [-0.25, -0.2) is 0 Å². The Bertz CT molecular complexity index is 532. The lowest BCUT2D eigenvalue weighted by Crippen LogP contribution is -2.49. The molecule has 1 heterocycles. The van der Waals surface area contributed by atoms with Crippen LogP contribution in [0, 0.1) is 5.92 Å². The van der Waals surface area contributed by atoms with Crippen LogP contribution in [0.5, 0.6) is 0 Å². The third kappa shape index (κ3) is 7.01. The van der Waals surface area contributed by atoms with E-state index < -0.39 is 22.7 Å². The summed E-state index contributed by atoms with van der Waals surface area (Å²) >= 11 is 0. The maximum atomic E-state index is 10.9. The predicted molar refractivity (Wildman–Crippen MR) is 133 cm³/mol. The minimum absolute atomic E-state index is 0.0823. The maximum Gasteiger partial charge on any atom is 0.192 e. The Labute approximate surface area is 189 Å². The molecule has 0 radical (unpaired) electrons. The lowest BCUT2D eigenvalue weighted by Gasteiger charge is -2.38. The Kier molecular flexibility index (Phi) is 10.5. The molecule has 30 heavy (non-hydrogen) atoms. The van der Waals surface area contributed by atoms with Gasteiger partial charge in [0.25, 0.3) is 0 Å². The van der Waals surface area contributed by atoms with Crippen LogP contribution in [0.3, 0.4) is 0 Å². The quantitative estimate of drug-likeness (QED) is 0.267. The molecule has 0 unspecified atom stereocenters. The number of rotatable bonds is 12. The van der Waals surface area contributed by atoms with E-state index in [0.717, 1.165) is 43.2 Å². The first-order valence-corrected chi connectivity index (χ1v) is 17.5. The van der Waals surface area contributed by atoms with Crippen LogP contribution in [-0.2, 0) is 13.6 Å². The smallest absolute Gasteiger partial charge is 0.192 e. The topological polar surface area (TPSA) is 47.9 Å². The second-order valence-electron chi connectivity index (χ2n) is 10.9. The van der Waals surface area contributed by atoms with Crippen LogP contribution in [0.2, 0.25) is 36.3 Å². The van der Waals surface area contributed by atoms with Crippen molar-refractivity contribution in [3.8, 4) is 0 Å². The molecule has 178 valence electrons. The van der Waals surface area contributed by atoms with E-state index in [4.69, 9.17) is 13.6 Å². The molecule has 0 aliphatic carbocycles. The van der Waals surface area contributed by atoms with E-state index in [0.29, 0.717) is 5.92 Å². The van der Waals surface area contributed by atoms with E-state index in [1.54, 1.807) is 0 Å². The van der Waals surface area contributed by atoms with Gasteiger partial charge in [-0.1, -0.05) is 55.0 Å². The fourth-order valence-corrected chi connectivity index (χ4v) is 7.98. The molecule has 1 rings (SSSR count). The van der Waals surface area contributed by atoms with E-state index in [2.05, 4.69) is 68.1 Å². The molecular weight excluding hydrogens is 408 g/mol. The summed E-state index contributed by atoms with van der Waals surface area (Å²) in [7, 11) is -3.62. The molecular formula is C24H50O4Si2. The van der Waals surface area contributed by atoms with Gasteiger partial charge in [-0.15, -0.1) is 0 Å². The second-order valence-corrected chi connectivity index (χ2v) is 20.5. The fourth-order valence-electron chi connectivity index (χ4n) is 4.06. The van der Waals surface area contributed by atoms with Crippen molar-refractivity contribution < 1.29 is 18.7 Å². The second kappa shape index (κ2) is 11.2. The molecule has 0 aromatic carbocycles. The van der Waals surface area contributed by atoms with E-state index >= 15 is 0 Å². The van der Waals surface area contributed by atoms with Crippen LogP contribution in [0.15, 0.2) is 12.2 Å². The van der Waals surface area contributed by atoms with Gasteiger partial charge in [0, 0.05) is 6.61 Å². The van der Waals surface area contributed by atoms with Crippen LogP contribution < -0.4 is 0 Å². The van der Waals surface area contributed by atoms with Gasteiger partial charge in [-0.2, -0.15) is 0 Å². The summed E-state index contributed by atoms with van der Waals surface area (Å²) in [6, 6.07) is 3.18. The zero-order chi connectivity index (χ0) is 23.3. The van der Waals surface area contributed by atoms with Crippen LogP contribution in [0.1, 0.15) is 68.2 Å². The molecule has 0 amide bonds. The lowest BCUT2D eigenvalue weighted by molar-refractivity contribution is -0.0724. The number of aliphatic hydroxyl groups excluding tert-OH is 1. The zero-order valence-corrected chi connectivity index (χ0v) is 23.5. The van der Waals surface area contributed by atoms with Crippen molar-refractivity contribution in [1.82, 2.24) is 0 Å². The third-order valence-electron chi connectivity index (χ3n) is 7.76. The molecule has 0 aromatic heterocycles. The number of hydrogen-bond acceptors (Lipinski definition) is 4. The summed E-state index contributed by atoms with van der Waals surface area (Å²) in [5.74, 6) is 0.433. The highest BCUT2D eigenvalue weighted by Crippen LogP contribution is 2.38. The summed E-state index contributed by atoms with van der Waals surface area (Å²) in [5, 5.41) is 11.2. The van der Waals surface area contributed by atoms with Crippen LogP contribution >= 0.6 is 0 Å². The fraction of sp³-hybridized carbons (Fsp3) is 0.917. The standard InChI is InChI=1S/C24H50O4Si2/c1-12-30(13-2,14-3)28-23(22(25)18(4)5)21-17-19(6)20(27-21)15-16-26-29(10,11)24(7,8)9/h19-23,25H,4,12-17H2,1-3,5-11H3/t19-,20+,21-,22-,23+/m1/s1. The average Bonchev–Trinajstić information content (AvgIpc) is 3.02. The molecule has 5 atom stereocenters. The van der Waals surface area contributed by atoms with Crippen molar-refractivity contribution in [3.05, 3.63) is 12.2 Å². The summed E-state index contributed by atoms with van der Waals surface area (Å²) in [6.45, 7) is 27.0. The van der Waals surface area contributed by atoms with Crippen molar-refractivity contribution in [2.24, 2.45) is 5.92 Å². The van der Waals surface area contributed by atoms with E-state index in [1.165, 1.54) is 0 Å². The predicted octanol–water partition coefficient (Wildman–Crippen LogP) is 6.52. The van der Waals surface area contributed by atoms with Crippen molar-refractivity contribution in [1.29, 1.82) is 0 Å². The SMILES string of the molecule is C=C(C)[C@@H](O)[C@@H](O[Si](CC)(CC)CC)[C@H]1C[C@@H](C)[C@H](CCO[Si](C)(C)C(C)(C)C)O1. The molecule has 1 aliphatic heterocycles. The Hall–Kier alpha value is 0.0138. The average molecular weight is 459 g/mol. The van der Waals surface area contributed by atoms with Crippen molar-refractivity contribution in [3.63, 3.8) is 0 Å². The molecule has 6 heteroatoms. The van der Waals surface area contributed by atoms with E-state index in [1.807, 2.05) is 6.92 Å². The number of ether oxygens (including phenoxy) is 1. The van der Waals surface area contributed by atoms with Gasteiger partial charge in [0.2, 0.25) is 0 Å². The molecule has 0 spiro atoms. The van der Waals surface area contributed by atoms with Crippen molar-refractivity contribution in [2.75, 3.05) is 6.61 Å². The third-order valence-corrected chi connectivity index (χ3v) is 16.9. The highest BCUT2D eigenvalue weighted by atomic mass is 28.4. The summed E-state index contributed by atoms with van der Waals surface area (Å²) in [5.41, 5.74) is 0.757. The molecule has 1 N–H and O–H groups in total. The van der Waals surface area contributed by atoms with Crippen LogP contribution in [0.25, 0.3) is 0 Å². The molecule has 0 saturated carbocycles. The molecule has 1 fully saturated rings. The van der Waals surface area contributed by atoms with Gasteiger partial charge in [-0.3, -0.25) is 0 Å². The highest BCUT2D eigenvalue weighted by Gasteiger charge is 2.44. The molecule has 0 bridgehead atoms. The van der Waals surface area contributed by atoms with Crippen molar-refractivity contribution >= 4 is 16.6 Å². The summed E-state index contributed by atoms with van der Waals surface area (Å²) in [6.07, 6.45) is 0.897. The van der Waals surface area contributed by atoms with Crippen LogP contribution in [0.4, 0.5) is 0 Å². The zero-order valence-electron chi connectivity index (χ0n) is 21.5. The van der Waals surface area contributed by atoms with Gasteiger partial charge in [0.05, 0.1) is 12.2 Å². The Balaban J connectivity index is 2.86. The Morgan fingerprint density at radius 3 is 2.13 bits per heavy atom. The van der Waals surface area contributed by atoms with Gasteiger partial charge >= 0.3 is 0 Å². The number of hydrogen-bond donors (Lipinski definition) is 1. The number of aliphatic hydroxyl groups is 1.